The van der Waals surface area contributed by atoms with E-state index in [1.807, 2.05) is 30.3 Å². The van der Waals surface area contributed by atoms with Crippen molar-refractivity contribution in [1.82, 2.24) is 20.3 Å². The molecule has 0 amide bonds. The number of aromatic amines is 1. The lowest BCUT2D eigenvalue weighted by Crippen LogP contribution is -2.33. The van der Waals surface area contributed by atoms with E-state index in [1.165, 1.54) is 40.5 Å². The molecule has 2 unspecified atom stereocenters. The summed E-state index contributed by atoms with van der Waals surface area (Å²) in [7, 11) is -3.30. The van der Waals surface area contributed by atoms with E-state index in [2.05, 4.69) is 46.3 Å². The first-order chi connectivity index (χ1) is 30.9. The molecule has 2 atom stereocenters. The van der Waals surface area contributed by atoms with Crippen molar-refractivity contribution in [2.45, 2.75) is 109 Å². The molecule has 0 spiro atoms. The molecule has 0 radical (unpaired) electrons. The Morgan fingerprint density at radius 3 is 2.08 bits per heavy atom. The number of sulfonamides is 1. The lowest BCUT2D eigenvalue weighted by atomic mass is 9.97. The van der Waals surface area contributed by atoms with Crippen molar-refractivity contribution in [3.63, 3.8) is 0 Å². The largest absolute Gasteiger partial charge is 0.508 e. The van der Waals surface area contributed by atoms with Crippen LogP contribution < -0.4 is 20.9 Å². The van der Waals surface area contributed by atoms with Crippen LogP contribution in [0.5, 0.6) is 11.5 Å². The number of aromatic nitrogens is 1. The number of ether oxygens (including phenoxy) is 1. The molecule has 4 aromatic carbocycles. The monoisotopic (exact) mass is 900 g/mol. The number of aromatic hydroxyl groups is 2. The van der Waals surface area contributed by atoms with Gasteiger partial charge in [-0.3, -0.25) is 4.79 Å². The quantitative estimate of drug-likeness (QED) is 0.0304. The van der Waals surface area contributed by atoms with Gasteiger partial charge in [-0.15, -0.1) is 0 Å². The van der Waals surface area contributed by atoms with Crippen molar-refractivity contribution in [2.24, 2.45) is 0 Å². The van der Waals surface area contributed by atoms with Gasteiger partial charge in [0.15, 0.2) is 0 Å². The molecule has 0 aliphatic heterocycles. The third kappa shape index (κ3) is 15.5. The Morgan fingerprint density at radius 2 is 1.39 bits per heavy atom. The highest BCUT2D eigenvalue weighted by atomic mass is 32.2. The predicted molar refractivity (Wildman–Crippen MR) is 253 cm³/mol. The Labute approximate surface area is 378 Å². The van der Waals surface area contributed by atoms with Gasteiger partial charge in [-0.05, 0) is 121 Å². The summed E-state index contributed by atoms with van der Waals surface area (Å²) in [5.74, 6) is 0.0401. The normalized spacial score (nSPS) is 13.7. The summed E-state index contributed by atoms with van der Waals surface area (Å²) in [5.41, 5.74) is 8.35. The molecular formula is C50H68N4O9S. The van der Waals surface area contributed by atoms with Gasteiger partial charge in [0.05, 0.1) is 30.1 Å². The second-order valence-corrected chi connectivity index (χ2v) is 18.4. The summed E-state index contributed by atoms with van der Waals surface area (Å²) >= 11 is 0. The third-order valence-corrected chi connectivity index (χ3v) is 13.1. The Hall–Kier alpha value is -4.64. The van der Waals surface area contributed by atoms with E-state index in [-0.39, 0.29) is 29.4 Å². The molecule has 1 aliphatic carbocycles. The molecular weight excluding hydrogens is 833 g/mol. The minimum Gasteiger partial charge on any atom is -0.508 e. The SMILES string of the molecule is CCc1cc2c(cc1CC)CC(NCC(O)c1ccc(O)c3[nH]c(=O)ccc13)C2.O=S(=O)(Cc1ccccc1)NCCCCOCCCCCCNCC(O)c1ccc(O)c(CO)c1. The summed E-state index contributed by atoms with van der Waals surface area (Å²) in [4.78, 5) is 14.2. The van der Waals surface area contributed by atoms with Gasteiger partial charge in [0, 0.05) is 55.9 Å². The number of hydrogen-bond donors (Lipinski definition) is 9. The highest BCUT2D eigenvalue weighted by molar-refractivity contribution is 7.88. The van der Waals surface area contributed by atoms with Crippen LogP contribution in [0.3, 0.4) is 0 Å². The Bertz CT molecular complexity index is 2340. The maximum Gasteiger partial charge on any atom is 0.248 e. The zero-order chi connectivity index (χ0) is 45.9. The highest BCUT2D eigenvalue weighted by Gasteiger charge is 2.24. The summed E-state index contributed by atoms with van der Waals surface area (Å²) < 4.78 is 32.4. The van der Waals surface area contributed by atoms with Crippen LogP contribution in [0.4, 0.5) is 0 Å². The molecule has 64 heavy (non-hydrogen) atoms. The molecule has 1 aliphatic rings. The van der Waals surface area contributed by atoms with Gasteiger partial charge >= 0.3 is 0 Å². The van der Waals surface area contributed by atoms with Crippen molar-refractivity contribution in [3.05, 3.63) is 140 Å². The van der Waals surface area contributed by atoms with E-state index in [9.17, 15) is 38.7 Å². The van der Waals surface area contributed by atoms with Crippen LogP contribution >= 0.6 is 0 Å². The van der Waals surface area contributed by atoms with E-state index in [1.54, 1.807) is 24.3 Å². The molecule has 1 aromatic heterocycles. The second-order valence-electron chi connectivity index (χ2n) is 16.6. The number of rotatable bonds is 25. The molecule has 9 N–H and O–H groups in total. The summed E-state index contributed by atoms with van der Waals surface area (Å²) in [6.45, 7) is 7.56. The maximum absolute atomic E-state index is 12.1. The van der Waals surface area contributed by atoms with Gasteiger partial charge in [0.25, 0.3) is 0 Å². The van der Waals surface area contributed by atoms with Crippen molar-refractivity contribution in [2.75, 3.05) is 39.4 Å². The van der Waals surface area contributed by atoms with E-state index in [0.717, 1.165) is 76.3 Å². The standard InChI is InChI=1S/C26H40N2O6S.C24H28N2O3/c29-20-24-18-23(12-13-25(24)30)26(31)19-27-14-6-1-2-8-16-34-17-9-7-15-28-35(32,33)21-22-10-4-3-5-11-22;1-3-14-9-16-11-18(12-17(16)10-15(14)4-2)25-13-22(28)19-5-7-21(27)24-20(19)6-8-23(29)26-24/h3-5,10-13,18,26-31H,1-2,6-9,14-17,19-21H2;5-10,18,22,25,27-28H,3-4,11-13H2,1-2H3,(H,26,29). The first-order valence-corrected chi connectivity index (χ1v) is 24.4. The smallest absolute Gasteiger partial charge is 0.248 e. The molecule has 0 bridgehead atoms. The molecule has 0 saturated heterocycles. The second kappa shape index (κ2) is 25.7. The fourth-order valence-corrected chi connectivity index (χ4v) is 9.31. The van der Waals surface area contributed by atoms with E-state index in [4.69, 9.17) is 4.74 Å². The Morgan fingerprint density at radius 1 is 0.734 bits per heavy atom. The Kier molecular flexibility index (Phi) is 20.3. The van der Waals surface area contributed by atoms with Crippen LogP contribution in [0.1, 0.15) is 109 Å². The van der Waals surface area contributed by atoms with Gasteiger partial charge < -0.3 is 45.9 Å². The zero-order valence-corrected chi connectivity index (χ0v) is 38.1. The number of H-pyrrole nitrogens is 1. The van der Waals surface area contributed by atoms with E-state index >= 15 is 0 Å². The fourth-order valence-electron chi connectivity index (χ4n) is 8.12. The van der Waals surface area contributed by atoms with Gasteiger partial charge in [-0.2, -0.15) is 0 Å². The van der Waals surface area contributed by atoms with Crippen LogP contribution in [-0.2, 0) is 52.8 Å². The number of unbranched alkanes of at least 4 members (excludes halogenated alkanes) is 4. The molecule has 0 saturated carbocycles. The van der Waals surface area contributed by atoms with E-state index in [0.29, 0.717) is 66.5 Å². The average molecular weight is 901 g/mol. The van der Waals surface area contributed by atoms with E-state index < -0.39 is 22.2 Å². The third-order valence-electron chi connectivity index (χ3n) is 11.7. The zero-order valence-electron chi connectivity index (χ0n) is 37.3. The summed E-state index contributed by atoms with van der Waals surface area (Å²) in [5, 5.41) is 57.2. The first-order valence-electron chi connectivity index (χ1n) is 22.7. The summed E-state index contributed by atoms with van der Waals surface area (Å²) in [6.07, 6.45) is 8.36. The number of aliphatic hydroxyl groups excluding tert-OH is 3. The van der Waals surface area contributed by atoms with Crippen LogP contribution in [0.25, 0.3) is 10.9 Å². The molecule has 6 rings (SSSR count). The number of aliphatic hydroxyl groups is 3. The van der Waals surface area contributed by atoms with Crippen molar-refractivity contribution in [1.29, 1.82) is 0 Å². The molecule has 13 nitrogen and oxygen atoms in total. The summed E-state index contributed by atoms with van der Waals surface area (Å²) in [6, 6.07) is 25.2. The van der Waals surface area contributed by atoms with Crippen molar-refractivity contribution < 1.29 is 38.7 Å². The number of fused-ring (bicyclic) bond motifs is 2. The van der Waals surface area contributed by atoms with Gasteiger partial charge in [-0.1, -0.05) is 81.3 Å². The number of aryl methyl sites for hydroxylation is 2. The molecule has 5 aromatic rings. The lowest BCUT2D eigenvalue weighted by Gasteiger charge is -2.18. The molecule has 1 heterocycles. The molecule has 0 fully saturated rings. The van der Waals surface area contributed by atoms with Crippen LogP contribution in [0.2, 0.25) is 0 Å². The highest BCUT2D eigenvalue weighted by Crippen LogP contribution is 2.30. The van der Waals surface area contributed by atoms with Gasteiger partial charge in [0.1, 0.15) is 11.5 Å². The predicted octanol–water partition coefficient (Wildman–Crippen LogP) is 6.13. The number of nitrogens with one attached hydrogen (secondary N) is 4. The number of benzene rings is 4. The van der Waals surface area contributed by atoms with Crippen LogP contribution in [-0.4, -0.2) is 84.4 Å². The van der Waals surface area contributed by atoms with Crippen molar-refractivity contribution >= 4 is 20.9 Å². The topological polar surface area (TPSA) is 213 Å². The van der Waals surface area contributed by atoms with Crippen LogP contribution in [0.15, 0.2) is 89.7 Å². The first kappa shape index (κ1) is 50.4. The van der Waals surface area contributed by atoms with Crippen molar-refractivity contribution in [3.8, 4) is 11.5 Å². The number of hydrogen-bond acceptors (Lipinski definition) is 11. The van der Waals surface area contributed by atoms with Gasteiger partial charge in [0.2, 0.25) is 15.6 Å². The minimum absolute atomic E-state index is 0.00429. The number of phenols is 2. The molecule has 348 valence electrons. The Balaban J connectivity index is 0.000000244. The maximum atomic E-state index is 12.1. The fraction of sp³-hybridized carbons (Fsp3) is 0.460. The average Bonchev–Trinajstić information content (AvgIpc) is 3.70. The lowest BCUT2D eigenvalue weighted by molar-refractivity contribution is 0.126. The molecule has 14 heteroatoms. The van der Waals surface area contributed by atoms with Gasteiger partial charge in [-0.25, -0.2) is 13.1 Å². The number of phenolic OH excluding ortho intramolecular Hbond substituents is 1. The number of pyridine rings is 1. The minimum atomic E-state index is -3.30. The van der Waals surface area contributed by atoms with Crippen LogP contribution in [0, 0.1) is 0 Å².